The molecule has 0 atom stereocenters. The van der Waals surface area contributed by atoms with Crippen molar-refractivity contribution >= 4 is 29.5 Å². The molecule has 22 heavy (non-hydrogen) atoms. The lowest BCUT2D eigenvalue weighted by Gasteiger charge is -2.09. The summed E-state index contributed by atoms with van der Waals surface area (Å²) in [6.07, 6.45) is 2.77. The summed E-state index contributed by atoms with van der Waals surface area (Å²) in [7, 11) is 0. The molecule has 1 aromatic heterocycles. The van der Waals surface area contributed by atoms with Gasteiger partial charge in [-0.1, -0.05) is 6.07 Å². The second-order valence-electron chi connectivity index (χ2n) is 4.80. The number of aryl methyl sites for hydroxylation is 1. The molecule has 0 aliphatic heterocycles. The molecule has 2 rings (SSSR count). The second-order valence-corrected chi connectivity index (χ2v) is 4.80. The van der Waals surface area contributed by atoms with Gasteiger partial charge in [0.25, 0.3) is 0 Å². The Morgan fingerprint density at radius 1 is 1.14 bits per heavy atom. The normalized spacial score (nSPS) is 10.0. The van der Waals surface area contributed by atoms with Crippen LogP contribution in [0.1, 0.15) is 23.8 Å². The quantitative estimate of drug-likeness (QED) is 0.803. The van der Waals surface area contributed by atoms with Crippen LogP contribution in [-0.2, 0) is 16.1 Å². The van der Waals surface area contributed by atoms with E-state index < -0.39 is 0 Å². The van der Waals surface area contributed by atoms with Crippen molar-refractivity contribution in [1.82, 2.24) is 4.57 Å². The van der Waals surface area contributed by atoms with Crippen molar-refractivity contribution in [1.29, 1.82) is 0 Å². The fourth-order valence-electron chi connectivity index (χ4n) is 2.06. The number of nitrogens with one attached hydrogen (secondary N) is 2. The van der Waals surface area contributed by atoms with Crippen LogP contribution in [0.25, 0.3) is 0 Å². The molecule has 2 aromatic rings. The van der Waals surface area contributed by atoms with Crippen LogP contribution >= 0.6 is 0 Å². The molecule has 0 saturated heterocycles. The Labute approximate surface area is 128 Å². The molecule has 1 aromatic carbocycles. The number of anilines is 2. The van der Waals surface area contributed by atoms with E-state index in [0.29, 0.717) is 23.6 Å². The van der Waals surface area contributed by atoms with E-state index in [0.717, 1.165) is 6.29 Å². The summed E-state index contributed by atoms with van der Waals surface area (Å²) in [6, 6.07) is 10.4. The number of nitrogens with zero attached hydrogens (tertiary/aromatic N) is 1. The van der Waals surface area contributed by atoms with Crippen LogP contribution in [0.5, 0.6) is 0 Å². The molecule has 0 radical (unpaired) electrons. The maximum Gasteiger partial charge on any atom is 0.226 e. The molecule has 114 valence electrons. The minimum Gasteiger partial charge on any atom is -0.345 e. The molecule has 0 saturated carbocycles. The van der Waals surface area contributed by atoms with Gasteiger partial charge in [0.15, 0.2) is 6.29 Å². The number of aldehydes is 1. The highest BCUT2D eigenvalue weighted by Crippen LogP contribution is 2.15. The van der Waals surface area contributed by atoms with Gasteiger partial charge < -0.3 is 15.2 Å². The van der Waals surface area contributed by atoms with Gasteiger partial charge in [-0.25, -0.2) is 0 Å². The van der Waals surface area contributed by atoms with Gasteiger partial charge in [0.05, 0.1) is 5.69 Å². The first-order valence-electron chi connectivity index (χ1n) is 6.86. The van der Waals surface area contributed by atoms with E-state index in [1.807, 2.05) is 0 Å². The Bertz CT molecular complexity index is 691. The molecule has 2 amide bonds. The van der Waals surface area contributed by atoms with Gasteiger partial charge in [0.1, 0.15) is 0 Å². The summed E-state index contributed by atoms with van der Waals surface area (Å²) in [5.74, 6) is -0.331. The van der Waals surface area contributed by atoms with Crippen molar-refractivity contribution in [3.8, 4) is 0 Å². The molecule has 0 spiro atoms. The molecule has 0 aliphatic rings. The molecule has 0 unspecified atom stereocenters. The van der Waals surface area contributed by atoms with E-state index in [1.54, 1.807) is 47.2 Å². The maximum atomic E-state index is 11.9. The molecular formula is C16H17N3O3. The smallest absolute Gasteiger partial charge is 0.226 e. The van der Waals surface area contributed by atoms with Crippen LogP contribution in [0, 0.1) is 0 Å². The number of aromatic nitrogens is 1. The Morgan fingerprint density at radius 3 is 2.55 bits per heavy atom. The van der Waals surface area contributed by atoms with E-state index in [-0.39, 0.29) is 18.2 Å². The largest absolute Gasteiger partial charge is 0.345 e. The monoisotopic (exact) mass is 299 g/mol. The fourth-order valence-corrected chi connectivity index (χ4v) is 2.06. The van der Waals surface area contributed by atoms with Crippen molar-refractivity contribution in [2.75, 3.05) is 10.6 Å². The topological polar surface area (TPSA) is 80.2 Å². The SMILES string of the molecule is CC(=O)Nc1cccc(NC(=O)CCn2cccc2C=O)c1. The number of rotatable bonds is 6. The van der Waals surface area contributed by atoms with Crippen molar-refractivity contribution in [3.63, 3.8) is 0 Å². The van der Waals surface area contributed by atoms with Gasteiger partial charge in [-0.05, 0) is 30.3 Å². The van der Waals surface area contributed by atoms with E-state index in [4.69, 9.17) is 0 Å². The molecule has 0 fully saturated rings. The van der Waals surface area contributed by atoms with Gasteiger partial charge in [-0.3, -0.25) is 14.4 Å². The second kappa shape index (κ2) is 7.21. The summed E-state index contributed by atoms with van der Waals surface area (Å²) >= 11 is 0. The Balaban J connectivity index is 1.92. The van der Waals surface area contributed by atoms with Crippen LogP contribution in [0.2, 0.25) is 0 Å². The number of amides is 2. The average molecular weight is 299 g/mol. The van der Waals surface area contributed by atoms with Gasteiger partial charge in [-0.15, -0.1) is 0 Å². The van der Waals surface area contributed by atoms with Crippen LogP contribution in [-0.4, -0.2) is 22.7 Å². The molecule has 1 heterocycles. The zero-order valence-electron chi connectivity index (χ0n) is 12.2. The summed E-state index contributed by atoms with van der Waals surface area (Å²) in [6.45, 7) is 1.85. The van der Waals surface area contributed by atoms with E-state index in [2.05, 4.69) is 10.6 Å². The van der Waals surface area contributed by atoms with Crippen molar-refractivity contribution in [2.24, 2.45) is 0 Å². The lowest BCUT2D eigenvalue weighted by molar-refractivity contribution is -0.116. The first kappa shape index (κ1) is 15.5. The number of carbonyl (C=O) groups excluding carboxylic acids is 3. The van der Waals surface area contributed by atoms with Gasteiger partial charge in [-0.2, -0.15) is 0 Å². The van der Waals surface area contributed by atoms with Gasteiger partial charge >= 0.3 is 0 Å². The standard InChI is InChI=1S/C16H17N3O3/c1-12(21)17-13-4-2-5-14(10-13)18-16(22)7-9-19-8-3-6-15(19)11-20/h2-6,8,10-11H,7,9H2,1H3,(H,17,21)(H,18,22). The number of hydrogen-bond acceptors (Lipinski definition) is 3. The van der Waals surface area contributed by atoms with Crippen molar-refractivity contribution < 1.29 is 14.4 Å². The molecule has 0 bridgehead atoms. The number of hydrogen-bond donors (Lipinski definition) is 2. The van der Waals surface area contributed by atoms with Crippen molar-refractivity contribution in [2.45, 2.75) is 19.9 Å². The highest BCUT2D eigenvalue weighted by atomic mass is 16.2. The summed E-state index contributed by atoms with van der Waals surface area (Å²) in [4.78, 5) is 33.7. The lowest BCUT2D eigenvalue weighted by Crippen LogP contribution is -2.15. The minimum atomic E-state index is -0.169. The van der Waals surface area contributed by atoms with E-state index in [1.165, 1.54) is 6.92 Å². The molecule has 2 N–H and O–H groups in total. The molecule has 6 heteroatoms. The van der Waals surface area contributed by atoms with Gasteiger partial charge in [0, 0.05) is 37.5 Å². The summed E-state index contributed by atoms with van der Waals surface area (Å²) in [5.41, 5.74) is 1.78. The van der Waals surface area contributed by atoms with Crippen LogP contribution in [0.4, 0.5) is 11.4 Å². The number of benzene rings is 1. The number of carbonyl (C=O) groups is 3. The molecule has 6 nitrogen and oxygen atoms in total. The summed E-state index contributed by atoms with van der Waals surface area (Å²) < 4.78 is 1.72. The highest BCUT2D eigenvalue weighted by molar-refractivity contribution is 5.93. The third-order valence-electron chi connectivity index (χ3n) is 3.03. The first-order valence-corrected chi connectivity index (χ1v) is 6.86. The third-order valence-corrected chi connectivity index (χ3v) is 3.03. The Kier molecular flexibility index (Phi) is 5.08. The zero-order valence-corrected chi connectivity index (χ0v) is 12.2. The molecular weight excluding hydrogens is 282 g/mol. The fraction of sp³-hybridized carbons (Fsp3) is 0.188. The Morgan fingerprint density at radius 2 is 1.86 bits per heavy atom. The van der Waals surface area contributed by atoms with Crippen molar-refractivity contribution in [3.05, 3.63) is 48.3 Å². The van der Waals surface area contributed by atoms with Crippen LogP contribution < -0.4 is 10.6 Å². The predicted octanol–water partition coefficient (Wildman–Crippen LogP) is 2.29. The lowest BCUT2D eigenvalue weighted by atomic mass is 10.2. The predicted molar refractivity (Wildman–Crippen MR) is 83.8 cm³/mol. The average Bonchev–Trinajstić information content (AvgIpc) is 2.92. The van der Waals surface area contributed by atoms with E-state index >= 15 is 0 Å². The maximum absolute atomic E-state index is 11.9. The minimum absolute atomic E-state index is 0.162. The molecule has 0 aliphatic carbocycles. The van der Waals surface area contributed by atoms with E-state index in [9.17, 15) is 14.4 Å². The zero-order chi connectivity index (χ0) is 15.9. The van der Waals surface area contributed by atoms with Gasteiger partial charge in [0.2, 0.25) is 11.8 Å². The van der Waals surface area contributed by atoms with Crippen LogP contribution in [0.3, 0.4) is 0 Å². The Hall–Kier alpha value is -2.89. The highest BCUT2D eigenvalue weighted by Gasteiger charge is 2.06. The summed E-state index contributed by atoms with van der Waals surface area (Å²) in [5, 5.41) is 5.42. The third kappa shape index (κ3) is 4.31. The first-order chi connectivity index (χ1) is 10.6. The van der Waals surface area contributed by atoms with Crippen LogP contribution in [0.15, 0.2) is 42.6 Å².